The highest BCUT2D eigenvalue weighted by Crippen LogP contribution is 2.37. The van der Waals surface area contributed by atoms with Crippen molar-refractivity contribution in [3.8, 4) is 5.75 Å². The summed E-state index contributed by atoms with van der Waals surface area (Å²) in [6.07, 6.45) is 12.7. The van der Waals surface area contributed by atoms with Gasteiger partial charge in [0.1, 0.15) is 5.75 Å². The highest BCUT2D eigenvalue weighted by atomic mass is 32.2. The second kappa shape index (κ2) is 14.2. The van der Waals surface area contributed by atoms with Gasteiger partial charge < -0.3 is 10.5 Å². The van der Waals surface area contributed by atoms with E-state index in [2.05, 4.69) is 6.92 Å². The predicted molar refractivity (Wildman–Crippen MR) is 144 cm³/mol. The first-order valence-corrected chi connectivity index (χ1v) is 14.4. The van der Waals surface area contributed by atoms with Crippen molar-refractivity contribution >= 4 is 21.4 Å². The summed E-state index contributed by atoms with van der Waals surface area (Å²) < 4.78 is 32.3. The summed E-state index contributed by atoms with van der Waals surface area (Å²) >= 11 is 0. The second-order valence-corrected chi connectivity index (χ2v) is 11.3. The number of unbranched alkanes of at least 4 members (excludes halogenated alkanes) is 9. The smallest absolute Gasteiger partial charge is 0.276 e. The van der Waals surface area contributed by atoms with E-state index < -0.39 is 15.7 Å². The van der Waals surface area contributed by atoms with Crippen LogP contribution >= 0.6 is 0 Å². The number of nitrogen functional groups attached to an aromatic ring is 1. The number of hydroxylamine groups is 1. The lowest BCUT2D eigenvalue weighted by Gasteiger charge is -2.21. The maximum Gasteiger partial charge on any atom is 0.276 e. The van der Waals surface area contributed by atoms with Crippen LogP contribution in [0.5, 0.6) is 5.75 Å². The number of benzene rings is 2. The summed E-state index contributed by atoms with van der Waals surface area (Å²) in [5.41, 5.74) is 9.95. The van der Waals surface area contributed by atoms with Crippen molar-refractivity contribution in [1.82, 2.24) is 5.48 Å². The zero-order valence-corrected chi connectivity index (χ0v) is 23.0. The van der Waals surface area contributed by atoms with Gasteiger partial charge in [0.25, 0.3) is 5.91 Å². The minimum Gasteiger partial charge on any atom is -0.497 e. The van der Waals surface area contributed by atoms with Gasteiger partial charge >= 0.3 is 0 Å². The van der Waals surface area contributed by atoms with Gasteiger partial charge in [-0.3, -0.25) is 10.0 Å². The number of sulfone groups is 1. The molecule has 0 fully saturated rings. The van der Waals surface area contributed by atoms with E-state index in [1.807, 2.05) is 0 Å². The van der Waals surface area contributed by atoms with Crippen LogP contribution in [0.3, 0.4) is 0 Å². The third kappa shape index (κ3) is 7.23. The van der Waals surface area contributed by atoms with Crippen LogP contribution in [-0.2, 0) is 16.3 Å². The summed E-state index contributed by atoms with van der Waals surface area (Å²) in [6.45, 7) is 5.53. The lowest BCUT2D eigenvalue weighted by Crippen LogP contribution is -2.25. The maximum atomic E-state index is 13.6. The van der Waals surface area contributed by atoms with E-state index in [0.29, 0.717) is 29.0 Å². The van der Waals surface area contributed by atoms with Crippen LogP contribution < -0.4 is 16.0 Å². The fraction of sp³-hybridized carbons (Fsp3) is 0.536. The van der Waals surface area contributed by atoms with Gasteiger partial charge in [-0.05, 0) is 67.6 Å². The molecule has 200 valence electrons. The van der Waals surface area contributed by atoms with Crippen LogP contribution in [0, 0.1) is 13.8 Å². The van der Waals surface area contributed by atoms with Gasteiger partial charge in [0.2, 0.25) is 9.84 Å². The standard InChI is InChI=1S/C28H42N2O5S/c1-5-6-7-8-9-10-11-12-13-14-15-24-20(2)25(28(31)30-32)27(21(3)26(24)29)36(33,34)23-18-16-22(35-4)17-19-23/h16-19,32H,5-15,29H2,1-4H3,(H,30,31). The van der Waals surface area contributed by atoms with E-state index in [1.54, 1.807) is 31.5 Å². The van der Waals surface area contributed by atoms with E-state index in [4.69, 9.17) is 10.5 Å². The molecule has 36 heavy (non-hydrogen) atoms. The molecule has 4 N–H and O–H groups in total. The van der Waals surface area contributed by atoms with Gasteiger partial charge in [-0.25, -0.2) is 13.9 Å². The second-order valence-electron chi connectivity index (χ2n) is 9.40. The first-order chi connectivity index (χ1) is 17.2. The van der Waals surface area contributed by atoms with Crippen molar-refractivity contribution in [1.29, 1.82) is 0 Å². The molecule has 0 unspecified atom stereocenters. The van der Waals surface area contributed by atoms with Gasteiger partial charge in [-0.2, -0.15) is 0 Å². The molecule has 0 radical (unpaired) electrons. The topological polar surface area (TPSA) is 119 Å². The fourth-order valence-corrected chi connectivity index (χ4v) is 6.47. The molecule has 7 nitrogen and oxygen atoms in total. The van der Waals surface area contributed by atoms with Crippen LogP contribution in [0.2, 0.25) is 0 Å². The molecule has 0 aliphatic carbocycles. The van der Waals surface area contributed by atoms with Crippen molar-refractivity contribution in [2.75, 3.05) is 12.8 Å². The molecule has 2 aromatic carbocycles. The Morgan fingerprint density at radius 2 is 1.44 bits per heavy atom. The number of carbonyl (C=O) groups excluding carboxylic acids is 1. The Hall–Kier alpha value is -2.58. The molecule has 8 heteroatoms. The Kier molecular flexibility index (Phi) is 11.7. The molecule has 0 aliphatic rings. The molecule has 0 bridgehead atoms. The van der Waals surface area contributed by atoms with Gasteiger partial charge in [0.15, 0.2) is 0 Å². The zero-order chi connectivity index (χ0) is 26.7. The number of nitrogens with one attached hydrogen (secondary N) is 1. The summed E-state index contributed by atoms with van der Waals surface area (Å²) in [4.78, 5) is 12.5. The molecule has 2 aromatic rings. The van der Waals surface area contributed by atoms with E-state index in [9.17, 15) is 18.4 Å². The quantitative estimate of drug-likeness (QED) is 0.110. The minimum absolute atomic E-state index is 0.0135. The number of nitrogens with two attached hydrogens (primary N) is 1. The first kappa shape index (κ1) is 29.6. The van der Waals surface area contributed by atoms with E-state index >= 15 is 0 Å². The number of rotatable bonds is 15. The number of ether oxygens (including phenoxy) is 1. The SMILES string of the molecule is CCCCCCCCCCCCc1c(C)c(C(=O)NO)c(S(=O)(=O)c2ccc(OC)cc2)c(C)c1N. The van der Waals surface area contributed by atoms with Gasteiger partial charge in [-0.1, -0.05) is 64.7 Å². The lowest BCUT2D eigenvalue weighted by atomic mass is 9.92. The number of carbonyl (C=O) groups is 1. The molecule has 0 aliphatic heterocycles. The molecule has 0 heterocycles. The number of anilines is 1. The summed E-state index contributed by atoms with van der Waals surface area (Å²) in [5.74, 6) is -0.353. The third-order valence-corrected chi connectivity index (χ3v) is 8.81. The summed E-state index contributed by atoms with van der Waals surface area (Å²) in [7, 11) is -2.60. The van der Waals surface area contributed by atoms with Gasteiger partial charge in [0.05, 0.1) is 22.5 Å². The molecule has 0 spiro atoms. The Morgan fingerprint density at radius 3 is 1.94 bits per heavy atom. The van der Waals surface area contributed by atoms with Crippen molar-refractivity contribution < 1.29 is 23.2 Å². The van der Waals surface area contributed by atoms with Crippen LogP contribution in [-0.4, -0.2) is 26.6 Å². The van der Waals surface area contributed by atoms with Crippen LogP contribution in [0.4, 0.5) is 5.69 Å². The number of hydrogen-bond acceptors (Lipinski definition) is 6. The van der Waals surface area contributed by atoms with Crippen LogP contribution in [0.25, 0.3) is 0 Å². The molecule has 0 saturated carbocycles. The van der Waals surface area contributed by atoms with Gasteiger partial charge in [0, 0.05) is 5.69 Å². The van der Waals surface area contributed by atoms with Crippen molar-refractivity contribution in [2.45, 2.75) is 101 Å². The highest BCUT2D eigenvalue weighted by Gasteiger charge is 2.31. The molecule has 0 atom stereocenters. The van der Waals surface area contributed by atoms with Gasteiger partial charge in [-0.15, -0.1) is 0 Å². The zero-order valence-electron chi connectivity index (χ0n) is 22.2. The third-order valence-electron chi connectivity index (χ3n) is 6.87. The Labute approximate surface area is 216 Å². The molecular weight excluding hydrogens is 476 g/mol. The molecule has 2 rings (SSSR count). The van der Waals surface area contributed by atoms with Crippen LogP contribution in [0.1, 0.15) is 98.2 Å². The van der Waals surface area contributed by atoms with Crippen molar-refractivity contribution in [3.63, 3.8) is 0 Å². The van der Waals surface area contributed by atoms with E-state index in [-0.39, 0.29) is 15.4 Å². The van der Waals surface area contributed by atoms with Crippen molar-refractivity contribution in [3.05, 3.63) is 46.5 Å². The number of methoxy groups -OCH3 is 1. The minimum atomic E-state index is -4.09. The number of amides is 1. The molecule has 0 aromatic heterocycles. The lowest BCUT2D eigenvalue weighted by molar-refractivity contribution is 0.0701. The van der Waals surface area contributed by atoms with E-state index in [1.165, 1.54) is 64.2 Å². The Bertz CT molecular complexity index is 1110. The molecule has 1 amide bonds. The monoisotopic (exact) mass is 518 g/mol. The molecule has 0 saturated heterocycles. The average molecular weight is 519 g/mol. The summed E-state index contributed by atoms with van der Waals surface area (Å²) in [6, 6.07) is 5.95. The number of hydrogen-bond donors (Lipinski definition) is 3. The maximum absolute atomic E-state index is 13.6. The first-order valence-electron chi connectivity index (χ1n) is 13.0. The highest BCUT2D eigenvalue weighted by molar-refractivity contribution is 7.91. The Balaban J connectivity index is 2.24. The average Bonchev–Trinajstić information content (AvgIpc) is 2.88. The Morgan fingerprint density at radius 1 is 0.917 bits per heavy atom. The van der Waals surface area contributed by atoms with Crippen LogP contribution in [0.15, 0.2) is 34.1 Å². The predicted octanol–water partition coefficient (Wildman–Crippen LogP) is 6.31. The van der Waals surface area contributed by atoms with E-state index in [0.717, 1.165) is 24.8 Å². The van der Waals surface area contributed by atoms with Crippen molar-refractivity contribution in [2.24, 2.45) is 0 Å². The largest absolute Gasteiger partial charge is 0.497 e. The molecular formula is C28H42N2O5S. The normalized spacial score (nSPS) is 11.5. The fourth-order valence-electron chi connectivity index (χ4n) is 4.71. The summed E-state index contributed by atoms with van der Waals surface area (Å²) in [5, 5.41) is 9.42.